The summed E-state index contributed by atoms with van der Waals surface area (Å²) in [4.78, 5) is 0. The van der Waals surface area contributed by atoms with Crippen molar-refractivity contribution in [3.8, 4) is 0 Å². The highest BCUT2D eigenvalue weighted by Crippen LogP contribution is 2.30. The van der Waals surface area contributed by atoms with Crippen molar-refractivity contribution in [2.24, 2.45) is 0 Å². The molecule has 0 amide bonds. The molecule has 0 aliphatic rings. The molecule has 0 aromatic carbocycles. The molecule has 0 heterocycles. The molecule has 0 atom stereocenters. The summed E-state index contributed by atoms with van der Waals surface area (Å²) in [5.74, 6) is 0. The summed E-state index contributed by atoms with van der Waals surface area (Å²) in [6.07, 6.45) is -1.01. The number of sulfonamides is 1. The number of halogens is 3. The van der Waals surface area contributed by atoms with Crippen LogP contribution in [0.2, 0.25) is 0 Å². The second-order valence-corrected chi connectivity index (χ2v) is 5.63. The van der Waals surface area contributed by atoms with Gasteiger partial charge in [0.05, 0.1) is 6.10 Å². The minimum Gasteiger partial charge on any atom is -0.404 e. The Morgan fingerprint density at radius 3 is 1.80 bits per heavy atom. The van der Waals surface area contributed by atoms with Crippen molar-refractivity contribution >= 4 is 20.3 Å². The van der Waals surface area contributed by atoms with E-state index in [1.54, 1.807) is 4.13 Å². The molecule has 0 N–H and O–H groups in total. The maximum Gasteiger partial charge on any atom is 0.480 e. The van der Waals surface area contributed by atoms with E-state index in [4.69, 9.17) is 0 Å². The first-order valence-electron chi connectivity index (χ1n) is 3.36. The lowest BCUT2D eigenvalue weighted by molar-refractivity contribution is -0.0425. The van der Waals surface area contributed by atoms with Crippen molar-refractivity contribution in [1.29, 1.82) is 0 Å². The summed E-state index contributed by atoms with van der Waals surface area (Å²) in [6.45, 7) is 2.38. The first-order chi connectivity index (χ1) is 6.37. The van der Waals surface area contributed by atoms with E-state index in [9.17, 15) is 30.0 Å². The fraction of sp³-hybridized carbons (Fsp3) is 1.00. The van der Waals surface area contributed by atoms with Gasteiger partial charge in [-0.2, -0.15) is 13.2 Å². The summed E-state index contributed by atoms with van der Waals surface area (Å²) in [5.41, 5.74) is -5.76. The Hall–Kier alpha value is -0.390. The maximum atomic E-state index is 11.7. The molecule has 0 aromatic heterocycles. The zero-order chi connectivity index (χ0) is 12.5. The molecule has 0 spiro atoms. The largest absolute Gasteiger partial charge is 0.480 e. The zero-order valence-electron chi connectivity index (χ0n) is 7.52. The fourth-order valence-electron chi connectivity index (χ4n) is 0.423. The molecular formula is C4H7F3NO5S2-. The lowest BCUT2D eigenvalue weighted by Gasteiger charge is -2.22. The van der Waals surface area contributed by atoms with Crippen LogP contribution in [0, 0.1) is 0 Å². The molecule has 0 rings (SSSR count). The molecule has 6 nitrogen and oxygen atoms in total. The molecule has 0 aliphatic carbocycles. The molecular weight excluding hydrogens is 263 g/mol. The summed E-state index contributed by atoms with van der Waals surface area (Å²) in [6, 6.07) is 0. The van der Waals surface area contributed by atoms with Gasteiger partial charge in [-0.15, -0.1) is 0 Å². The van der Waals surface area contributed by atoms with Gasteiger partial charge >= 0.3 is 5.51 Å². The lowest BCUT2D eigenvalue weighted by atomic mass is 10.5. The van der Waals surface area contributed by atoms with Gasteiger partial charge in [0.15, 0.2) is 10.0 Å². The predicted molar refractivity (Wildman–Crippen MR) is 43.5 cm³/mol. The molecule has 0 aromatic rings. The number of hydrogen-bond acceptors (Lipinski definition) is 5. The number of alkyl halides is 3. The van der Waals surface area contributed by atoms with Crippen LogP contribution in [-0.4, -0.2) is 28.4 Å². The molecule has 15 heavy (non-hydrogen) atoms. The SMILES string of the molecule is CC(C)OS(=O)(=O)[N-]S(=O)(=O)C(F)(F)F. The van der Waals surface area contributed by atoms with Crippen LogP contribution in [0.3, 0.4) is 0 Å². The van der Waals surface area contributed by atoms with Gasteiger partial charge in [-0.3, -0.25) is 4.18 Å². The molecule has 0 saturated heterocycles. The van der Waals surface area contributed by atoms with E-state index in [-0.39, 0.29) is 0 Å². The molecule has 0 radical (unpaired) electrons. The fourth-order valence-corrected chi connectivity index (χ4v) is 2.35. The Balaban J connectivity index is 4.92. The molecule has 11 heteroatoms. The van der Waals surface area contributed by atoms with E-state index in [2.05, 4.69) is 4.18 Å². The van der Waals surface area contributed by atoms with E-state index in [0.717, 1.165) is 0 Å². The Bertz CT molecular complexity index is 408. The highest BCUT2D eigenvalue weighted by molar-refractivity contribution is 8.10. The van der Waals surface area contributed by atoms with Crippen LogP contribution < -0.4 is 0 Å². The Labute approximate surface area is 84.7 Å². The smallest absolute Gasteiger partial charge is 0.404 e. The van der Waals surface area contributed by atoms with Crippen molar-refractivity contribution in [3.63, 3.8) is 0 Å². The van der Waals surface area contributed by atoms with Gasteiger partial charge in [-0.25, -0.2) is 16.8 Å². The van der Waals surface area contributed by atoms with E-state index < -0.39 is 31.9 Å². The normalized spacial score (nSPS) is 14.5. The van der Waals surface area contributed by atoms with Gasteiger partial charge in [0, 0.05) is 0 Å². The van der Waals surface area contributed by atoms with Gasteiger partial charge in [-0.05, 0) is 13.8 Å². The maximum absolute atomic E-state index is 11.7. The first kappa shape index (κ1) is 14.6. The first-order valence-corrected chi connectivity index (χ1v) is 6.17. The molecule has 0 unspecified atom stereocenters. The van der Waals surface area contributed by atoms with Crippen LogP contribution in [0.1, 0.15) is 13.8 Å². The second-order valence-electron chi connectivity index (χ2n) is 2.57. The predicted octanol–water partition coefficient (Wildman–Crippen LogP) is 0.880. The van der Waals surface area contributed by atoms with Crippen LogP contribution in [0.5, 0.6) is 0 Å². The van der Waals surface area contributed by atoms with Crippen molar-refractivity contribution in [3.05, 3.63) is 4.13 Å². The van der Waals surface area contributed by atoms with Crippen LogP contribution >= 0.6 is 0 Å². The van der Waals surface area contributed by atoms with Crippen molar-refractivity contribution in [1.82, 2.24) is 0 Å². The minimum atomic E-state index is -6.09. The van der Waals surface area contributed by atoms with Crippen LogP contribution in [0.25, 0.3) is 4.13 Å². The van der Waals surface area contributed by atoms with Gasteiger partial charge in [-0.1, -0.05) is 0 Å². The Morgan fingerprint density at radius 1 is 1.13 bits per heavy atom. The highest BCUT2D eigenvalue weighted by Gasteiger charge is 2.40. The number of nitrogens with zero attached hydrogens (tertiary/aromatic N) is 1. The standard InChI is InChI=1S/C4H7F3NO5S2/c1-3(2)13-15(11,12)8-14(9,10)4(5,6)7/h3H,1-2H3/q-1. The monoisotopic (exact) mass is 270 g/mol. The van der Waals surface area contributed by atoms with E-state index >= 15 is 0 Å². The number of rotatable bonds is 4. The molecule has 0 fully saturated rings. The highest BCUT2D eigenvalue weighted by atomic mass is 32.3. The molecule has 0 saturated carbocycles. The van der Waals surface area contributed by atoms with Crippen LogP contribution in [0.4, 0.5) is 13.2 Å². The Morgan fingerprint density at radius 2 is 1.53 bits per heavy atom. The molecule has 0 aliphatic heterocycles. The van der Waals surface area contributed by atoms with E-state index in [1.165, 1.54) is 13.8 Å². The average Bonchev–Trinajstić information content (AvgIpc) is 1.75. The van der Waals surface area contributed by atoms with Gasteiger partial charge in [0.2, 0.25) is 10.3 Å². The summed E-state index contributed by atoms with van der Waals surface area (Å²) in [5, 5.41) is 0. The number of hydrogen-bond donors (Lipinski definition) is 0. The zero-order valence-corrected chi connectivity index (χ0v) is 9.15. The van der Waals surface area contributed by atoms with E-state index in [0.29, 0.717) is 0 Å². The van der Waals surface area contributed by atoms with Gasteiger partial charge < -0.3 is 4.13 Å². The van der Waals surface area contributed by atoms with E-state index in [1.807, 2.05) is 0 Å². The summed E-state index contributed by atoms with van der Waals surface area (Å²) < 4.78 is 82.5. The topological polar surface area (TPSA) is 91.6 Å². The van der Waals surface area contributed by atoms with Gasteiger partial charge in [0.25, 0.3) is 0 Å². The van der Waals surface area contributed by atoms with Crippen molar-refractivity contribution < 1.29 is 34.2 Å². The lowest BCUT2D eigenvalue weighted by Crippen LogP contribution is -2.25. The third-order valence-electron chi connectivity index (χ3n) is 0.796. The molecule has 0 bridgehead atoms. The minimum absolute atomic E-state index is 1.01. The average molecular weight is 270 g/mol. The van der Waals surface area contributed by atoms with Crippen LogP contribution in [0.15, 0.2) is 0 Å². The summed E-state index contributed by atoms with van der Waals surface area (Å²) in [7, 11) is -11.2. The second kappa shape index (κ2) is 4.23. The van der Waals surface area contributed by atoms with Crippen LogP contribution in [-0.2, 0) is 24.5 Å². The van der Waals surface area contributed by atoms with Gasteiger partial charge in [0.1, 0.15) is 0 Å². The van der Waals surface area contributed by atoms with Crippen molar-refractivity contribution in [2.75, 3.05) is 0 Å². The third kappa shape index (κ3) is 4.77. The van der Waals surface area contributed by atoms with Crippen molar-refractivity contribution in [2.45, 2.75) is 25.5 Å². The quantitative estimate of drug-likeness (QED) is 0.756. The third-order valence-corrected chi connectivity index (χ3v) is 3.52. The summed E-state index contributed by atoms with van der Waals surface area (Å²) >= 11 is 0. The molecule has 92 valence electrons. The Kier molecular flexibility index (Phi) is 4.12.